The van der Waals surface area contributed by atoms with Crippen LogP contribution in [0.2, 0.25) is 5.02 Å². The van der Waals surface area contributed by atoms with Gasteiger partial charge in [-0.3, -0.25) is 4.79 Å². The van der Waals surface area contributed by atoms with Crippen molar-refractivity contribution in [1.29, 1.82) is 0 Å². The van der Waals surface area contributed by atoms with E-state index in [9.17, 15) is 4.79 Å². The smallest absolute Gasteiger partial charge is 0.239 e. The standard InChI is InChI=1S/C10H13ClN2O/c1-6-4-3-5-8(9(6)11)13-7(2)10(12)14/h3-5,7,13H,1-2H3,(H2,12,14). The van der Waals surface area contributed by atoms with E-state index in [1.807, 2.05) is 25.1 Å². The molecule has 1 aromatic carbocycles. The SMILES string of the molecule is Cc1cccc(NC(C)C(N)=O)c1Cl. The fourth-order valence-electron chi connectivity index (χ4n) is 1.06. The second kappa shape index (κ2) is 4.33. The number of primary amides is 1. The lowest BCUT2D eigenvalue weighted by Crippen LogP contribution is -2.32. The summed E-state index contributed by atoms with van der Waals surface area (Å²) in [6.45, 7) is 3.60. The van der Waals surface area contributed by atoms with Crippen molar-refractivity contribution >= 4 is 23.2 Å². The van der Waals surface area contributed by atoms with Gasteiger partial charge in [0, 0.05) is 0 Å². The molecule has 3 nitrogen and oxygen atoms in total. The number of rotatable bonds is 3. The van der Waals surface area contributed by atoms with E-state index in [0.29, 0.717) is 5.02 Å². The number of nitrogens with one attached hydrogen (secondary N) is 1. The van der Waals surface area contributed by atoms with E-state index in [-0.39, 0.29) is 0 Å². The number of amides is 1. The van der Waals surface area contributed by atoms with Crippen LogP contribution in [0.5, 0.6) is 0 Å². The third kappa shape index (κ3) is 2.39. The number of carbonyl (C=O) groups excluding carboxylic acids is 1. The maximum atomic E-state index is 10.8. The molecule has 3 N–H and O–H groups in total. The Hall–Kier alpha value is -1.22. The van der Waals surface area contributed by atoms with Gasteiger partial charge in [-0.15, -0.1) is 0 Å². The largest absolute Gasteiger partial charge is 0.373 e. The summed E-state index contributed by atoms with van der Waals surface area (Å²) in [6.07, 6.45) is 0. The summed E-state index contributed by atoms with van der Waals surface area (Å²) in [5.74, 6) is -0.400. The summed E-state index contributed by atoms with van der Waals surface area (Å²) in [5.41, 5.74) is 6.83. The second-order valence-electron chi connectivity index (χ2n) is 3.20. The highest BCUT2D eigenvalue weighted by atomic mass is 35.5. The van der Waals surface area contributed by atoms with Gasteiger partial charge in [0.25, 0.3) is 0 Å². The van der Waals surface area contributed by atoms with Crippen molar-refractivity contribution in [3.63, 3.8) is 0 Å². The Morgan fingerprint density at radius 1 is 1.57 bits per heavy atom. The molecule has 0 saturated carbocycles. The molecule has 76 valence electrons. The molecule has 0 heterocycles. The summed E-state index contributed by atoms with van der Waals surface area (Å²) in [5, 5.41) is 3.57. The summed E-state index contributed by atoms with van der Waals surface area (Å²) in [4.78, 5) is 10.8. The normalized spacial score (nSPS) is 12.2. The minimum absolute atomic E-state index is 0.400. The van der Waals surface area contributed by atoms with Gasteiger partial charge in [-0.25, -0.2) is 0 Å². The molecule has 1 aromatic rings. The zero-order chi connectivity index (χ0) is 10.7. The molecule has 0 saturated heterocycles. The number of hydrogen-bond donors (Lipinski definition) is 2. The zero-order valence-corrected chi connectivity index (χ0v) is 8.93. The summed E-state index contributed by atoms with van der Waals surface area (Å²) in [6, 6.07) is 5.17. The van der Waals surface area contributed by atoms with Crippen molar-refractivity contribution in [1.82, 2.24) is 0 Å². The molecular weight excluding hydrogens is 200 g/mol. The number of nitrogens with two attached hydrogens (primary N) is 1. The van der Waals surface area contributed by atoms with Crippen molar-refractivity contribution in [3.05, 3.63) is 28.8 Å². The highest BCUT2D eigenvalue weighted by Crippen LogP contribution is 2.25. The lowest BCUT2D eigenvalue weighted by Gasteiger charge is -2.13. The Bertz CT molecular complexity index is 352. The van der Waals surface area contributed by atoms with Crippen molar-refractivity contribution in [3.8, 4) is 0 Å². The zero-order valence-electron chi connectivity index (χ0n) is 8.17. The van der Waals surface area contributed by atoms with Crippen LogP contribution in [-0.2, 0) is 4.79 Å². The Balaban J connectivity index is 2.87. The van der Waals surface area contributed by atoms with Crippen molar-refractivity contribution in [2.45, 2.75) is 19.9 Å². The molecule has 0 aliphatic rings. The van der Waals surface area contributed by atoms with Gasteiger partial charge >= 0.3 is 0 Å². The average molecular weight is 213 g/mol. The van der Waals surface area contributed by atoms with Crippen LogP contribution in [0.3, 0.4) is 0 Å². The highest BCUT2D eigenvalue weighted by Gasteiger charge is 2.10. The van der Waals surface area contributed by atoms with Crippen LogP contribution in [0, 0.1) is 6.92 Å². The summed E-state index contributed by atoms with van der Waals surface area (Å²) >= 11 is 6.03. The molecule has 0 aliphatic carbocycles. The number of carbonyl (C=O) groups is 1. The Kier molecular flexibility index (Phi) is 3.36. The molecule has 0 radical (unpaired) electrons. The predicted octanol–water partition coefficient (Wildman–Crippen LogP) is 1.93. The number of halogens is 1. The second-order valence-corrected chi connectivity index (χ2v) is 3.58. The maximum Gasteiger partial charge on any atom is 0.239 e. The van der Waals surface area contributed by atoms with Crippen LogP contribution in [0.15, 0.2) is 18.2 Å². The van der Waals surface area contributed by atoms with E-state index >= 15 is 0 Å². The molecule has 1 amide bonds. The maximum absolute atomic E-state index is 10.8. The molecule has 0 aliphatic heterocycles. The van der Waals surface area contributed by atoms with E-state index in [1.54, 1.807) is 6.92 Å². The molecule has 0 bridgehead atoms. The van der Waals surface area contributed by atoms with Gasteiger partial charge in [0.05, 0.1) is 10.7 Å². The third-order valence-electron chi connectivity index (χ3n) is 1.99. The van der Waals surface area contributed by atoms with Crippen LogP contribution in [0.4, 0.5) is 5.69 Å². The van der Waals surface area contributed by atoms with Crippen LogP contribution in [-0.4, -0.2) is 11.9 Å². The van der Waals surface area contributed by atoms with Gasteiger partial charge in [-0.05, 0) is 25.5 Å². The molecule has 14 heavy (non-hydrogen) atoms. The van der Waals surface area contributed by atoms with Crippen molar-refractivity contribution in [2.24, 2.45) is 5.73 Å². The van der Waals surface area contributed by atoms with Crippen LogP contribution in [0.25, 0.3) is 0 Å². The van der Waals surface area contributed by atoms with Crippen LogP contribution in [0.1, 0.15) is 12.5 Å². The first-order chi connectivity index (χ1) is 6.52. The summed E-state index contributed by atoms with van der Waals surface area (Å²) < 4.78 is 0. The fourth-order valence-corrected chi connectivity index (χ4v) is 1.24. The van der Waals surface area contributed by atoms with E-state index < -0.39 is 11.9 Å². The third-order valence-corrected chi connectivity index (χ3v) is 2.49. The molecule has 0 fully saturated rings. The minimum atomic E-state index is -0.422. The topological polar surface area (TPSA) is 55.1 Å². The first-order valence-corrected chi connectivity index (χ1v) is 4.71. The molecule has 1 atom stereocenters. The molecule has 0 spiro atoms. The van der Waals surface area contributed by atoms with Gasteiger partial charge in [0.1, 0.15) is 6.04 Å². The molecule has 0 aromatic heterocycles. The van der Waals surface area contributed by atoms with E-state index in [4.69, 9.17) is 17.3 Å². The van der Waals surface area contributed by atoms with Crippen LogP contribution >= 0.6 is 11.6 Å². The Morgan fingerprint density at radius 2 is 2.21 bits per heavy atom. The first kappa shape index (κ1) is 10.9. The molecule has 1 unspecified atom stereocenters. The Morgan fingerprint density at radius 3 is 2.79 bits per heavy atom. The quantitative estimate of drug-likeness (QED) is 0.805. The van der Waals surface area contributed by atoms with Gasteiger partial charge in [-0.1, -0.05) is 23.7 Å². The van der Waals surface area contributed by atoms with Crippen molar-refractivity contribution in [2.75, 3.05) is 5.32 Å². The van der Waals surface area contributed by atoms with E-state index in [2.05, 4.69) is 5.32 Å². The van der Waals surface area contributed by atoms with E-state index in [0.717, 1.165) is 11.3 Å². The highest BCUT2D eigenvalue weighted by molar-refractivity contribution is 6.34. The molecule has 4 heteroatoms. The summed E-state index contributed by atoms with van der Waals surface area (Å²) in [7, 11) is 0. The van der Waals surface area contributed by atoms with Crippen LogP contribution < -0.4 is 11.1 Å². The fraction of sp³-hybridized carbons (Fsp3) is 0.300. The van der Waals surface area contributed by atoms with Gasteiger partial charge < -0.3 is 11.1 Å². The van der Waals surface area contributed by atoms with E-state index in [1.165, 1.54) is 0 Å². The average Bonchev–Trinajstić information content (AvgIpc) is 2.12. The first-order valence-electron chi connectivity index (χ1n) is 4.33. The monoisotopic (exact) mass is 212 g/mol. The number of aryl methyl sites for hydroxylation is 1. The predicted molar refractivity (Wildman–Crippen MR) is 58.5 cm³/mol. The number of anilines is 1. The number of hydrogen-bond acceptors (Lipinski definition) is 2. The van der Waals surface area contributed by atoms with Crippen molar-refractivity contribution < 1.29 is 4.79 Å². The van der Waals surface area contributed by atoms with Gasteiger partial charge in [0.15, 0.2) is 0 Å². The molecule has 1 rings (SSSR count). The minimum Gasteiger partial charge on any atom is -0.373 e. The lowest BCUT2D eigenvalue weighted by atomic mass is 10.2. The Labute approximate surface area is 88.2 Å². The van der Waals surface area contributed by atoms with Gasteiger partial charge in [0.2, 0.25) is 5.91 Å². The van der Waals surface area contributed by atoms with Gasteiger partial charge in [-0.2, -0.15) is 0 Å². The number of benzene rings is 1. The lowest BCUT2D eigenvalue weighted by molar-refractivity contribution is -0.118. The molecular formula is C10H13ClN2O.